The number of nitrogens with two attached hydrogens (primary N) is 2. The summed E-state index contributed by atoms with van der Waals surface area (Å²) in [6.07, 6.45) is 0.401. The van der Waals surface area contributed by atoms with Crippen LogP contribution in [0.15, 0.2) is 6.07 Å². The van der Waals surface area contributed by atoms with Crippen molar-refractivity contribution in [3.63, 3.8) is 0 Å². The third kappa shape index (κ3) is 2.32. The average molecular weight is 211 g/mol. The molecule has 0 saturated carbocycles. The van der Waals surface area contributed by atoms with E-state index in [4.69, 9.17) is 11.5 Å². The van der Waals surface area contributed by atoms with Gasteiger partial charge in [0.25, 0.3) is 0 Å². The highest BCUT2D eigenvalue weighted by molar-refractivity contribution is 5.62. The molecule has 1 aromatic heterocycles. The molecule has 0 bridgehead atoms. The van der Waals surface area contributed by atoms with E-state index in [1.807, 2.05) is 0 Å². The fraction of sp³-hybridized carbons (Fsp3) is 0.375. The van der Waals surface area contributed by atoms with Gasteiger partial charge in [0.15, 0.2) is 0 Å². The van der Waals surface area contributed by atoms with Crippen LogP contribution < -0.4 is 16.8 Å². The van der Waals surface area contributed by atoms with E-state index >= 15 is 0 Å². The number of hydrogen-bond donors (Lipinski definition) is 3. The summed E-state index contributed by atoms with van der Waals surface area (Å²) in [4.78, 5) is 14.0. The zero-order valence-corrected chi connectivity index (χ0v) is 8.36. The lowest BCUT2D eigenvalue weighted by molar-refractivity contribution is -0.384. The van der Waals surface area contributed by atoms with Crippen molar-refractivity contribution in [3.8, 4) is 0 Å². The lowest BCUT2D eigenvalue weighted by atomic mass is 10.1. The Morgan fingerprint density at radius 3 is 2.80 bits per heavy atom. The van der Waals surface area contributed by atoms with E-state index < -0.39 is 4.92 Å². The molecule has 0 aliphatic heterocycles. The summed E-state index contributed by atoms with van der Waals surface area (Å²) in [5.74, 6) is 0.414. The van der Waals surface area contributed by atoms with Gasteiger partial charge in [-0.1, -0.05) is 0 Å². The number of pyridine rings is 1. The Morgan fingerprint density at radius 2 is 2.33 bits per heavy atom. The van der Waals surface area contributed by atoms with Gasteiger partial charge in [0.05, 0.1) is 4.92 Å². The summed E-state index contributed by atoms with van der Waals surface area (Å²) in [6.45, 7) is 0.327. The molecule has 7 nitrogen and oxygen atoms in total. The number of anilines is 2. The molecule has 0 saturated heterocycles. The SMILES string of the molecule is CNc1cc(CCN)c([N+](=O)[O-])c(N)n1. The Bertz CT molecular complexity index is 380. The summed E-state index contributed by atoms with van der Waals surface area (Å²) in [7, 11) is 1.67. The highest BCUT2D eigenvalue weighted by atomic mass is 16.6. The first-order valence-corrected chi connectivity index (χ1v) is 4.41. The zero-order chi connectivity index (χ0) is 11.4. The van der Waals surface area contributed by atoms with Crippen molar-refractivity contribution < 1.29 is 4.92 Å². The van der Waals surface area contributed by atoms with Crippen LogP contribution in [0.4, 0.5) is 17.3 Å². The van der Waals surface area contributed by atoms with Gasteiger partial charge in [-0.15, -0.1) is 0 Å². The summed E-state index contributed by atoms with van der Waals surface area (Å²) in [5.41, 5.74) is 11.2. The first kappa shape index (κ1) is 11.2. The molecule has 0 spiro atoms. The molecule has 0 fully saturated rings. The van der Waals surface area contributed by atoms with Crippen LogP contribution in [0.1, 0.15) is 5.56 Å². The first-order chi connectivity index (χ1) is 7.10. The topological polar surface area (TPSA) is 120 Å². The largest absolute Gasteiger partial charge is 0.378 e. The molecular formula is C8H13N5O2. The Morgan fingerprint density at radius 1 is 1.67 bits per heavy atom. The maximum Gasteiger partial charge on any atom is 0.314 e. The Balaban J connectivity index is 3.28. The molecule has 15 heavy (non-hydrogen) atoms. The van der Waals surface area contributed by atoms with Crippen molar-refractivity contribution in [1.82, 2.24) is 4.98 Å². The van der Waals surface area contributed by atoms with E-state index in [0.29, 0.717) is 24.3 Å². The number of hydrogen-bond acceptors (Lipinski definition) is 6. The predicted molar refractivity (Wildman–Crippen MR) is 57.6 cm³/mol. The summed E-state index contributed by atoms with van der Waals surface area (Å²) >= 11 is 0. The average Bonchev–Trinajstić information content (AvgIpc) is 2.16. The van der Waals surface area contributed by atoms with E-state index in [0.717, 1.165) is 0 Å². The van der Waals surface area contributed by atoms with Crippen molar-refractivity contribution in [2.75, 3.05) is 24.6 Å². The summed E-state index contributed by atoms with van der Waals surface area (Å²) in [6, 6.07) is 1.58. The zero-order valence-electron chi connectivity index (χ0n) is 8.36. The van der Waals surface area contributed by atoms with Crippen LogP contribution in [0.25, 0.3) is 0 Å². The monoisotopic (exact) mass is 211 g/mol. The molecule has 0 aliphatic rings. The third-order valence-electron chi connectivity index (χ3n) is 1.95. The summed E-state index contributed by atoms with van der Waals surface area (Å²) < 4.78 is 0. The van der Waals surface area contributed by atoms with Crippen LogP contribution in [-0.2, 0) is 6.42 Å². The van der Waals surface area contributed by atoms with Crippen LogP contribution in [0, 0.1) is 10.1 Å². The van der Waals surface area contributed by atoms with Crippen molar-refractivity contribution in [2.24, 2.45) is 5.73 Å². The molecule has 82 valence electrons. The lowest BCUT2D eigenvalue weighted by Crippen LogP contribution is -2.09. The molecule has 1 aromatic rings. The van der Waals surface area contributed by atoms with Crippen LogP contribution in [0.2, 0.25) is 0 Å². The molecule has 1 heterocycles. The Hall–Kier alpha value is -1.89. The predicted octanol–water partition coefficient (Wildman–Crippen LogP) is 0.115. The van der Waals surface area contributed by atoms with E-state index in [9.17, 15) is 10.1 Å². The molecule has 0 aromatic carbocycles. The van der Waals surface area contributed by atoms with Crippen molar-refractivity contribution in [1.29, 1.82) is 0 Å². The molecule has 0 unspecified atom stereocenters. The fourth-order valence-electron chi connectivity index (χ4n) is 1.30. The molecule has 0 amide bonds. The number of rotatable bonds is 4. The normalized spacial score (nSPS) is 10.0. The van der Waals surface area contributed by atoms with Gasteiger partial charge < -0.3 is 16.8 Å². The quantitative estimate of drug-likeness (QED) is 0.480. The lowest BCUT2D eigenvalue weighted by Gasteiger charge is -2.06. The van der Waals surface area contributed by atoms with Gasteiger partial charge in [0, 0.05) is 12.6 Å². The molecular weight excluding hydrogens is 198 g/mol. The van der Waals surface area contributed by atoms with E-state index in [1.165, 1.54) is 0 Å². The second-order valence-corrected chi connectivity index (χ2v) is 2.95. The smallest absolute Gasteiger partial charge is 0.314 e. The molecule has 5 N–H and O–H groups in total. The second kappa shape index (κ2) is 4.56. The highest BCUT2D eigenvalue weighted by Crippen LogP contribution is 2.27. The van der Waals surface area contributed by atoms with E-state index in [1.54, 1.807) is 13.1 Å². The van der Waals surface area contributed by atoms with Crippen molar-refractivity contribution in [3.05, 3.63) is 21.7 Å². The van der Waals surface area contributed by atoms with Gasteiger partial charge in [-0.25, -0.2) is 4.98 Å². The van der Waals surface area contributed by atoms with Crippen molar-refractivity contribution in [2.45, 2.75) is 6.42 Å². The van der Waals surface area contributed by atoms with Gasteiger partial charge in [0.1, 0.15) is 5.82 Å². The Labute approximate surface area is 86.6 Å². The van der Waals surface area contributed by atoms with Crippen LogP contribution in [0.3, 0.4) is 0 Å². The van der Waals surface area contributed by atoms with Crippen LogP contribution >= 0.6 is 0 Å². The number of nitrogens with one attached hydrogen (secondary N) is 1. The van der Waals surface area contributed by atoms with Gasteiger partial charge >= 0.3 is 5.69 Å². The van der Waals surface area contributed by atoms with E-state index in [-0.39, 0.29) is 11.5 Å². The second-order valence-electron chi connectivity index (χ2n) is 2.95. The van der Waals surface area contributed by atoms with Gasteiger partial charge in [0.2, 0.25) is 5.82 Å². The van der Waals surface area contributed by atoms with Gasteiger partial charge in [-0.2, -0.15) is 0 Å². The van der Waals surface area contributed by atoms with Crippen LogP contribution in [0.5, 0.6) is 0 Å². The highest BCUT2D eigenvalue weighted by Gasteiger charge is 2.19. The van der Waals surface area contributed by atoms with Gasteiger partial charge in [-0.3, -0.25) is 10.1 Å². The number of nitro groups is 1. The minimum atomic E-state index is -0.535. The third-order valence-corrected chi connectivity index (χ3v) is 1.95. The number of nitrogens with zero attached hydrogens (tertiary/aromatic N) is 2. The molecule has 0 radical (unpaired) electrons. The van der Waals surface area contributed by atoms with E-state index in [2.05, 4.69) is 10.3 Å². The molecule has 7 heteroatoms. The van der Waals surface area contributed by atoms with Crippen molar-refractivity contribution >= 4 is 17.3 Å². The molecule has 0 atom stereocenters. The minimum absolute atomic E-state index is 0.0877. The number of aromatic nitrogens is 1. The number of nitrogen functional groups attached to an aromatic ring is 1. The maximum atomic E-state index is 10.7. The molecule has 0 aliphatic carbocycles. The first-order valence-electron chi connectivity index (χ1n) is 4.41. The molecule has 1 rings (SSSR count). The fourth-order valence-corrected chi connectivity index (χ4v) is 1.30. The van der Waals surface area contributed by atoms with Gasteiger partial charge in [-0.05, 0) is 19.0 Å². The Kier molecular flexibility index (Phi) is 3.40. The standard InChI is InChI=1S/C8H13N5O2/c1-11-6-4-5(2-3-9)7(13(14)15)8(10)12-6/h4H,2-3,9H2,1H3,(H3,10,11,12). The maximum absolute atomic E-state index is 10.7. The van der Waals surface area contributed by atoms with Crippen LogP contribution in [-0.4, -0.2) is 23.5 Å². The summed E-state index contributed by atoms with van der Waals surface area (Å²) in [5, 5.41) is 13.5. The minimum Gasteiger partial charge on any atom is -0.378 e.